The van der Waals surface area contributed by atoms with Crippen LogP contribution in [0.1, 0.15) is 57.6 Å². The molecule has 4 nitrogen and oxygen atoms in total. The molecule has 0 aliphatic heterocycles. The predicted octanol–water partition coefficient (Wildman–Crippen LogP) is 5.60. The molecule has 2 aromatic rings. The Balaban J connectivity index is 2.19. The Kier molecular flexibility index (Phi) is 7.33. The first-order chi connectivity index (χ1) is 12.4. The van der Waals surface area contributed by atoms with Crippen molar-refractivity contribution in [1.29, 1.82) is 0 Å². The summed E-state index contributed by atoms with van der Waals surface area (Å²) in [7, 11) is 0. The monoisotopic (exact) mass is 418 g/mol. The van der Waals surface area contributed by atoms with Crippen molar-refractivity contribution in [3.63, 3.8) is 0 Å². The van der Waals surface area contributed by atoms with E-state index in [0.29, 0.717) is 5.82 Å². The maximum Gasteiger partial charge on any atom is 0.325 e. The average Bonchev–Trinajstić information content (AvgIpc) is 2.67. The molecule has 5 heteroatoms. The predicted molar refractivity (Wildman–Crippen MR) is 108 cm³/mol. The Morgan fingerprint density at radius 1 is 1.15 bits per heavy atom. The molecule has 2 atom stereocenters. The van der Waals surface area contributed by atoms with Gasteiger partial charge in [-0.05, 0) is 29.9 Å². The number of carboxylic acids is 1. The quantitative estimate of drug-likeness (QED) is 0.425. The lowest BCUT2D eigenvalue weighted by Gasteiger charge is -2.29. The number of hydrogen-bond acceptors (Lipinski definition) is 3. The first-order valence-electron chi connectivity index (χ1n) is 9.27. The molecule has 0 aliphatic carbocycles. The van der Waals surface area contributed by atoms with Crippen LogP contribution in [0.25, 0.3) is 11.4 Å². The average molecular weight is 419 g/mol. The van der Waals surface area contributed by atoms with E-state index in [1.165, 1.54) is 12.8 Å². The van der Waals surface area contributed by atoms with E-state index < -0.39 is 10.3 Å². The van der Waals surface area contributed by atoms with Crippen LogP contribution in [0.2, 0.25) is 0 Å². The van der Waals surface area contributed by atoms with Crippen molar-refractivity contribution in [2.45, 2.75) is 57.2 Å². The first kappa shape index (κ1) is 20.6. The fourth-order valence-corrected chi connectivity index (χ4v) is 3.56. The number of aryl methyl sites for hydroxylation is 1. The van der Waals surface area contributed by atoms with E-state index in [4.69, 9.17) is 0 Å². The van der Waals surface area contributed by atoms with Gasteiger partial charge >= 0.3 is 5.97 Å². The summed E-state index contributed by atoms with van der Waals surface area (Å²) in [5.74, 6) is -0.244. The number of nitrogens with zero attached hydrogens (tertiary/aromatic N) is 2. The van der Waals surface area contributed by atoms with Crippen molar-refractivity contribution in [1.82, 2.24) is 9.97 Å². The normalized spacial score (nSPS) is 14.6. The fourth-order valence-electron chi connectivity index (χ4n) is 2.97. The highest BCUT2D eigenvalue weighted by atomic mass is 79.9. The van der Waals surface area contributed by atoms with E-state index in [1.807, 2.05) is 50.5 Å². The van der Waals surface area contributed by atoms with Crippen LogP contribution in [-0.4, -0.2) is 21.0 Å². The summed E-state index contributed by atoms with van der Waals surface area (Å²) in [6, 6.07) is 7.48. The molecule has 0 radical (unpaired) electrons. The molecule has 1 N–H and O–H groups in total. The number of benzene rings is 1. The summed E-state index contributed by atoms with van der Waals surface area (Å²) in [5.41, 5.74) is 2.78. The van der Waals surface area contributed by atoms with Crippen molar-refractivity contribution in [2.75, 3.05) is 0 Å². The number of carboxylic acid groups (broad SMARTS) is 1. The van der Waals surface area contributed by atoms with Gasteiger partial charge in [0.1, 0.15) is 4.32 Å². The van der Waals surface area contributed by atoms with E-state index >= 15 is 0 Å². The molecule has 140 valence electrons. The maximum absolute atomic E-state index is 11.9. The molecule has 1 aromatic carbocycles. The van der Waals surface area contributed by atoms with Gasteiger partial charge in [0, 0.05) is 18.0 Å². The second-order valence-corrected chi connectivity index (χ2v) is 8.03. The van der Waals surface area contributed by atoms with Crippen LogP contribution in [0, 0.1) is 5.92 Å². The smallest absolute Gasteiger partial charge is 0.325 e. The van der Waals surface area contributed by atoms with Crippen LogP contribution in [0.3, 0.4) is 0 Å². The summed E-state index contributed by atoms with van der Waals surface area (Å²) >= 11 is 3.47. The highest BCUT2D eigenvalue weighted by Gasteiger charge is 2.42. The molecule has 0 saturated carbocycles. The summed E-state index contributed by atoms with van der Waals surface area (Å²) < 4.78 is -1.08. The van der Waals surface area contributed by atoms with Gasteiger partial charge in [0.05, 0.1) is 0 Å². The Morgan fingerprint density at radius 3 is 2.27 bits per heavy atom. The van der Waals surface area contributed by atoms with Crippen molar-refractivity contribution in [2.24, 2.45) is 5.92 Å². The molecular weight excluding hydrogens is 392 g/mol. The van der Waals surface area contributed by atoms with E-state index in [1.54, 1.807) is 0 Å². The third-order valence-corrected chi connectivity index (χ3v) is 6.52. The van der Waals surface area contributed by atoms with Crippen molar-refractivity contribution in [3.05, 3.63) is 47.8 Å². The second kappa shape index (κ2) is 9.26. The number of rotatable bonds is 9. The van der Waals surface area contributed by atoms with Gasteiger partial charge in [0.15, 0.2) is 5.82 Å². The van der Waals surface area contributed by atoms with Gasteiger partial charge in [0.2, 0.25) is 0 Å². The second-order valence-electron chi connectivity index (χ2n) is 6.78. The lowest BCUT2D eigenvalue weighted by atomic mass is 9.85. The van der Waals surface area contributed by atoms with Gasteiger partial charge in [-0.15, -0.1) is 0 Å². The fraction of sp³-hybridized carbons (Fsp3) is 0.476. The van der Waals surface area contributed by atoms with Crippen molar-refractivity contribution < 1.29 is 9.90 Å². The van der Waals surface area contributed by atoms with Crippen molar-refractivity contribution >= 4 is 21.9 Å². The van der Waals surface area contributed by atoms with E-state index in [-0.39, 0.29) is 5.92 Å². The zero-order valence-electron chi connectivity index (χ0n) is 15.7. The van der Waals surface area contributed by atoms with Crippen LogP contribution >= 0.6 is 15.9 Å². The number of aliphatic carboxylic acids is 1. The molecular formula is C21H27BrN2O2. The summed E-state index contributed by atoms with van der Waals surface area (Å²) in [4.78, 5) is 20.8. The van der Waals surface area contributed by atoms with Gasteiger partial charge in [-0.3, -0.25) is 4.79 Å². The summed E-state index contributed by atoms with van der Waals surface area (Å²) in [5, 5.41) is 9.72. The molecule has 0 amide bonds. The highest BCUT2D eigenvalue weighted by molar-refractivity contribution is 9.10. The molecule has 26 heavy (non-hydrogen) atoms. The molecule has 1 heterocycles. The highest BCUT2D eigenvalue weighted by Crippen LogP contribution is 2.41. The molecule has 1 aromatic heterocycles. The maximum atomic E-state index is 11.9. The van der Waals surface area contributed by atoms with Gasteiger partial charge in [-0.1, -0.05) is 80.2 Å². The number of hydrogen-bond donors (Lipinski definition) is 1. The number of aromatic nitrogens is 2. The van der Waals surface area contributed by atoms with Crippen LogP contribution in [0.15, 0.2) is 36.7 Å². The van der Waals surface area contributed by atoms with E-state index in [9.17, 15) is 9.90 Å². The number of halogens is 1. The minimum Gasteiger partial charge on any atom is -0.480 e. The molecule has 0 aliphatic rings. The van der Waals surface area contributed by atoms with Gasteiger partial charge < -0.3 is 5.11 Å². The molecule has 0 bridgehead atoms. The Bertz CT molecular complexity index is 716. The molecule has 2 rings (SSSR count). The standard InChI is InChI=1S/C21H27BrN2O2/c1-4-6-7-8-16-13-23-19(24-14-16)17-9-11-18(12-10-17)21(22,20(25)26)15(3)5-2/h9-15H,4-8H2,1-3H3,(H,25,26). The van der Waals surface area contributed by atoms with E-state index in [0.717, 1.165) is 36.0 Å². The minimum atomic E-state index is -1.08. The Labute approximate surface area is 164 Å². The SMILES string of the molecule is CCCCCc1cnc(-c2ccc(C(Br)(C(=O)O)C(C)CC)cc2)nc1. The first-order valence-corrected chi connectivity index (χ1v) is 10.1. The summed E-state index contributed by atoms with van der Waals surface area (Å²) in [6.45, 7) is 6.13. The van der Waals surface area contributed by atoms with Crippen LogP contribution in [0.4, 0.5) is 0 Å². The number of unbranched alkanes of at least 4 members (excludes halogenated alkanes) is 2. The topological polar surface area (TPSA) is 63.1 Å². The van der Waals surface area contributed by atoms with E-state index in [2.05, 4.69) is 32.8 Å². The third-order valence-electron chi connectivity index (χ3n) is 4.94. The van der Waals surface area contributed by atoms with Crippen molar-refractivity contribution in [3.8, 4) is 11.4 Å². The molecule has 2 unspecified atom stereocenters. The van der Waals surface area contributed by atoms with Crippen LogP contribution in [0.5, 0.6) is 0 Å². The van der Waals surface area contributed by atoms with Gasteiger partial charge in [-0.2, -0.15) is 0 Å². The number of alkyl halides is 1. The molecule has 0 fully saturated rings. The lowest BCUT2D eigenvalue weighted by molar-refractivity contribution is -0.141. The zero-order valence-corrected chi connectivity index (χ0v) is 17.3. The Morgan fingerprint density at radius 2 is 1.77 bits per heavy atom. The molecule has 0 spiro atoms. The largest absolute Gasteiger partial charge is 0.480 e. The molecule has 0 saturated heterocycles. The summed E-state index contributed by atoms with van der Waals surface area (Å²) in [6.07, 6.45) is 9.12. The van der Waals surface area contributed by atoms with Crippen LogP contribution < -0.4 is 0 Å². The lowest BCUT2D eigenvalue weighted by Crippen LogP contribution is -2.35. The van der Waals surface area contributed by atoms with Gasteiger partial charge in [-0.25, -0.2) is 9.97 Å². The van der Waals surface area contributed by atoms with Crippen LogP contribution in [-0.2, 0) is 15.5 Å². The zero-order chi connectivity index (χ0) is 19.2. The van der Waals surface area contributed by atoms with Gasteiger partial charge in [0.25, 0.3) is 0 Å². The number of carbonyl (C=O) groups is 1. The third kappa shape index (κ3) is 4.50. The minimum absolute atomic E-state index is 0.0375. The Hall–Kier alpha value is -1.75.